The van der Waals surface area contributed by atoms with E-state index >= 15 is 0 Å². The van der Waals surface area contributed by atoms with Gasteiger partial charge in [0.25, 0.3) is 0 Å². The highest BCUT2D eigenvalue weighted by Gasteiger charge is 2.24. The van der Waals surface area contributed by atoms with Gasteiger partial charge >= 0.3 is 5.97 Å². The van der Waals surface area contributed by atoms with Crippen molar-refractivity contribution in [2.45, 2.75) is 44.8 Å². The third kappa shape index (κ3) is 7.24. The van der Waals surface area contributed by atoms with Gasteiger partial charge in [-0.3, -0.25) is 4.79 Å². The van der Waals surface area contributed by atoms with Gasteiger partial charge in [-0.1, -0.05) is 13.8 Å². The molecule has 0 amide bonds. The van der Waals surface area contributed by atoms with Crippen LogP contribution in [0.15, 0.2) is 30.3 Å². The lowest BCUT2D eigenvalue weighted by Crippen LogP contribution is -2.28. The molecule has 0 radical (unpaired) electrons. The maximum absolute atomic E-state index is 12.1. The van der Waals surface area contributed by atoms with Crippen LogP contribution in [0.25, 0.3) is 17.3 Å². The number of aromatic nitrogens is 2. The molecule has 0 aliphatic heterocycles. The molecule has 0 saturated carbocycles. The van der Waals surface area contributed by atoms with E-state index in [9.17, 15) is 28.5 Å². The molecule has 0 aliphatic carbocycles. The van der Waals surface area contributed by atoms with E-state index in [4.69, 9.17) is 5.11 Å². The first kappa shape index (κ1) is 26.2. The van der Waals surface area contributed by atoms with Gasteiger partial charge in [0, 0.05) is 31.0 Å². The molecular formula is C22H29N3O7S. The summed E-state index contributed by atoms with van der Waals surface area (Å²) in [6.07, 6.45) is 3.25. The topological polar surface area (TPSA) is 161 Å². The number of aromatic hydroxyl groups is 1. The number of carbonyl (C=O) groups is 1. The van der Waals surface area contributed by atoms with Gasteiger partial charge in [-0.05, 0) is 48.8 Å². The molecule has 0 bridgehead atoms. The third-order valence-corrected chi connectivity index (χ3v) is 6.04. The lowest BCUT2D eigenvalue weighted by atomic mass is 9.97. The average Bonchev–Trinajstić information content (AvgIpc) is 2.70. The zero-order valence-corrected chi connectivity index (χ0v) is 19.7. The van der Waals surface area contributed by atoms with E-state index in [1.165, 1.54) is 25.3 Å². The summed E-state index contributed by atoms with van der Waals surface area (Å²) < 4.78 is 25.1. The number of aliphatic carboxylic acids is 1. The summed E-state index contributed by atoms with van der Waals surface area (Å²) in [4.78, 5) is 19.6. The fourth-order valence-electron chi connectivity index (χ4n) is 3.01. The molecule has 0 saturated heterocycles. The van der Waals surface area contributed by atoms with Crippen molar-refractivity contribution < 1.29 is 33.6 Å². The Morgan fingerprint density at radius 3 is 2.30 bits per heavy atom. The molecule has 180 valence electrons. The number of carboxylic acid groups (broad SMARTS) is 1. The molecule has 0 unspecified atom stereocenters. The molecule has 1 aromatic heterocycles. The molecule has 1 heterocycles. The predicted octanol–water partition coefficient (Wildman–Crippen LogP) is 2.32. The maximum atomic E-state index is 12.1. The molecule has 0 aliphatic rings. The standard InChI is InChI=1S/C22H29N3O7S/c1-14(2)19-17(11-13-22(29,30)12-5-6-18(27)28)20(15-7-9-16(26)10-8-15)24-21(23-19)25(3)33(4,31)32/h7-11,13-14,26,29-30H,5-6,12H2,1-4H3,(H,27,28)/b13-11+. The molecule has 11 heteroatoms. The maximum Gasteiger partial charge on any atom is 0.303 e. The van der Waals surface area contributed by atoms with E-state index in [-0.39, 0.29) is 36.9 Å². The number of hydrogen-bond acceptors (Lipinski definition) is 8. The molecule has 33 heavy (non-hydrogen) atoms. The predicted molar refractivity (Wildman–Crippen MR) is 124 cm³/mol. The van der Waals surface area contributed by atoms with E-state index in [1.807, 2.05) is 13.8 Å². The Kier molecular flexibility index (Phi) is 8.17. The van der Waals surface area contributed by atoms with Crippen molar-refractivity contribution >= 4 is 28.0 Å². The number of sulfonamides is 1. The van der Waals surface area contributed by atoms with Crippen LogP contribution in [0, 0.1) is 0 Å². The van der Waals surface area contributed by atoms with Gasteiger partial charge in [-0.15, -0.1) is 0 Å². The molecule has 10 nitrogen and oxygen atoms in total. The van der Waals surface area contributed by atoms with Crippen molar-refractivity contribution in [3.05, 3.63) is 41.6 Å². The molecular weight excluding hydrogens is 450 g/mol. The lowest BCUT2D eigenvalue weighted by molar-refractivity contribution is -0.139. The number of phenols is 1. The summed E-state index contributed by atoms with van der Waals surface area (Å²) >= 11 is 0. The molecule has 2 aromatic rings. The largest absolute Gasteiger partial charge is 0.508 e. The molecule has 1 aromatic carbocycles. The van der Waals surface area contributed by atoms with Gasteiger partial charge < -0.3 is 20.4 Å². The van der Waals surface area contributed by atoms with E-state index in [0.717, 1.165) is 16.6 Å². The minimum atomic E-state index is -3.65. The van der Waals surface area contributed by atoms with Gasteiger partial charge in [0.1, 0.15) is 5.75 Å². The Bertz CT molecular complexity index is 1130. The van der Waals surface area contributed by atoms with Crippen LogP contribution in [-0.4, -0.2) is 63.9 Å². The van der Waals surface area contributed by atoms with Gasteiger partial charge in [-0.25, -0.2) is 22.7 Å². The van der Waals surface area contributed by atoms with Crippen molar-refractivity contribution in [3.63, 3.8) is 0 Å². The van der Waals surface area contributed by atoms with Crippen molar-refractivity contribution in [1.82, 2.24) is 9.97 Å². The summed E-state index contributed by atoms with van der Waals surface area (Å²) in [5.41, 5.74) is 1.78. The van der Waals surface area contributed by atoms with Crippen molar-refractivity contribution in [2.75, 3.05) is 17.6 Å². The van der Waals surface area contributed by atoms with Crippen LogP contribution in [0.4, 0.5) is 5.95 Å². The number of nitrogens with zero attached hydrogens (tertiary/aromatic N) is 3. The number of carboxylic acids is 1. The van der Waals surface area contributed by atoms with Crippen LogP contribution in [0.1, 0.15) is 50.3 Å². The minimum Gasteiger partial charge on any atom is -0.508 e. The zero-order valence-electron chi connectivity index (χ0n) is 18.9. The highest BCUT2D eigenvalue weighted by atomic mass is 32.2. The fraction of sp³-hybridized carbons (Fsp3) is 0.409. The number of anilines is 1. The van der Waals surface area contributed by atoms with Crippen LogP contribution in [0.3, 0.4) is 0 Å². The molecule has 0 spiro atoms. The second-order valence-corrected chi connectivity index (χ2v) is 10.1. The first-order valence-electron chi connectivity index (χ1n) is 10.2. The van der Waals surface area contributed by atoms with Crippen molar-refractivity contribution in [1.29, 1.82) is 0 Å². The van der Waals surface area contributed by atoms with Crippen LogP contribution in [0.2, 0.25) is 0 Å². The SMILES string of the molecule is CC(C)c1nc(N(C)S(C)(=O)=O)nc(-c2ccc(O)cc2)c1/C=C/C(O)(O)CCCC(=O)O. The van der Waals surface area contributed by atoms with Gasteiger partial charge in [-0.2, -0.15) is 0 Å². The normalized spacial score (nSPS) is 12.5. The highest BCUT2D eigenvalue weighted by Crippen LogP contribution is 2.32. The Morgan fingerprint density at radius 1 is 1.18 bits per heavy atom. The van der Waals surface area contributed by atoms with Gasteiger partial charge in [0.15, 0.2) is 5.79 Å². The Labute approximate surface area is 192 Å². The number of benzene rings is 1. The van der Waals surface area contributed by atoms with E-state index in [2.05, 4.69) is 9.97 Å². The Morgan fingerprint density at radius 2 is 1.79 bits per heavy atom. The van der Waals surface area contributed by atoms with Crippen molar-refractivity contribution in [3.8, 4) is 17.0 Å². The summed E-state index contributed by atoms with van der Waals surface area (Å²) in [5, 5.41) is 39.0. The second-order valence-electron chi connectivity index (χ2n) is 8.06. The number of hydrogen-bond donors (Lipinski definition) is 4. The molecule has 2 rings (SSSR count). The van der Waals surface area contributed by atoms with E-state index in [0.29, 0.717) is 22.5 Å². The van der Waals surface area contributed by atoms with E-state index < -0.39 is 21.8 Å². The van der Waals surface area contributed by atoms with E-state index in [1.54, 1.807) is 12.1 Å². The van der Waals surface area contributed by atoms with Crippen LogP contribution < -0.4 is 4.31 Å². The summed E-state index contributed by atoms with van der Waals surface area (Å²) in [6, 6.07) is 6.10. The molecule has 4 N–H and O–H groups in total. The number of rotatable bonds is 10. The summed E-state index contributed by atoms with van der Waals surface area (Å²) in [6.45, 7) is 3.70. The summed E-state index contributed by atoms with van der Waals surface area (Å²) in [7, 11) is -2.31. The molecule has 0 atom stereocenters. The number of aliphatic hydroxyl groups is 2. The monoisotopic (exact) mass is 479 g/mol. The molecule has 0 fully saturated rings. The van der Waals surface area contributed by atoms with Crippen LogP contribution >= 0.6 is 0 Å². The van der Waals surface area contributed by atoms with Crippen LogP contribution in [-0.2, 0) is 14.8 Å². The van der Waals surface area contributed by atoms with Gasteiger partial charge in [0.2, 0.25) is 16.0 Å². The number of phenolic OH excluding ortho intramolecular Hbond substituents is 1. The smallest absolute Gasteiger partial charge is 0.303 e. The quantitative estimate of drug-likeness (QED) is 0.375. The van der Waals surface area contributed by atoms with Crippen molar-refractivity contribution in [2.24, 2.45) is 0 Å². The third-order valence-electron chi connectivity index (χ3n) is 4.88. The second kappa shape index (κ2) is 10.3. The zero-order chi connectivity index (χ0) is 25.0. The fourth-order valence-corrected chi connectivity index (χ4v) is 3.39. The van der Waals surface area contributed by atoms with Crippen LogP contribution in [0.5, 0.6) is 5.75 Å². The first-order valence-corrected chi connectivity index (χ1v) is 12.1. The highest BCUT2D eigenvalue weighted by molar-refractivity contribution is 7.92. The minimum absolute atomic E-state index is 0.0330. The first-order chi connectivity index (χ1) is 15.2. The Balaban J connectivity index is 2.66. The average molecular weight is 480 g/mol. The Hall–Kier alpha value is -3.02. The van der Waals surface area contributed by atoms with Gasteiger partial charge in [0.05, 0.1) is 17.6 Å². The lowest BCUT2D eigenvalue weighted by Gasteiger charge is -2.21. The summed E-state index contributed by atoms with van der Waals surface area (Å²) in [5.74, 6) is -3.51.